The van der Waals surface area contributed by atoms with Crippen molar-refractivity contribution in [2.45, 2.75) is 25.4 Å². The number of nitrogens with zero attached hydrogens (tertiary/aromatic N) is 2. The SMILES string of the molecule is CN(C(=O)c1ccccc1CN1C(=O)NC(Cc2ccc3[nH]cc(CCN)c3c2)C1=O)/C(=C/C(=O)O)C(=O)O.O.O. The number of H-pyrrole nitrogens is 1. The molecule has 0 spiro atoms. The number of nitrogens with two attached hydrogens (primary N) is 1. The number of hydrogen-bond donors (Lipinski definition) is 5. The number of carbonyl (C=O) groups excluding carboxylic acids is 3. The number of carbonyl (C=O) groups is 5. The molecule has 0 radical (unpaired) electrons. The number of aliphatic carboxylic acids is 2. The zero-order chi connectivity index (χ0) is 28.3. The summed E-state index contributed by atoms with van der Waals surface area (Å²) in [5.41, 5.74) is 8.12. The first-order valence-corrected chi connectivity index (χ1v) is 12.1. The summed E-state index contributed by atoms with van der Waals surface area (Å²) in [6, 6.07) is 10.4. The summed E-state index contributed by atoms with van der Waals surface area (Å²) >= 11 is 0. The van der Waals surface area contributed by atoms with Crippen molar-refractivity contribution in [3.63, 3.8) is 0 Å². The van der Waals surface area contributed by atoms with Crippen molar-refractivity contribution < 1.29 is 45.1 Å². The summed E-state index contributed by atoms with van der Waals surface area (Å²) in [4.78, 5) is 66.5. The maximum atomic E-state index is 13.2. The molecule has 2 aromatic carbocycles. The molecule has 14 nitrogen and oxygen atoms in total. The van der Waals surface area contributed by atoms with Crippen molar-refractivity contribution in [1.82, 2.24) is 20.1 Å². The van der Waals surface area contributed by atoms with Gasteiger partial charge in [-0.1, -0.05) is 24.3 Å². The summed E-state index contributed by atoms with van der Waals surface area (Å²) in [5.74, 6) is -4.41. The molecule has 0 saturated carbocycles. The Morgan fingerprint density at radius 3 is 2.44 bits per heavy atom. The first-order valence-electron chi connectivity index (χ1n) is 12.1. The van der Waals surface area contributed by atoms with Gasteiger partial charge in [-0.3, -0.25) is 14.5 Å². The smallest absolute Gasteiger partial charge is 0.352 e. The van der Waals surface area contributed by atoms with Crippen LogP contribution in [0.5, 0.6) is 0 Å². The molecule has 4 amide bonds. The molecule has 218 valence electrons. The molecule has 1 aliphatic heterocycles. The zero-order valence-electron chi connectivity index (χ0n) is 22.0. The minimum Gasteiger partial charge on any atom is -0.478 e. The van der Waals surface area contributed by atoms with Crippen LogP contribution in [-0.4, -0.2) is 85.4 Å². The van der Waals surface area contributed by atoms with E-state index < -0.39 is 41.5 Å². The molecule has 41 heavy (non-hydrogen) atoms. The average Bonchev–Trinajstić information content (AvgIpc) is 3.42. The van der Waals surface area contributed by atoms with E-state index in [4.69, 9.17) is 10.8 Å². The van der Waals surface area contributed by atoms with Gasteiger partial charge in [0.25, 0.3) is 11.8 Å². The highest BCUT2D eigenvalue weighted by Gasteiger charge is 2.38. The highest BCUT2D eigenvalue weighted by Crippen LogP contribution is 2.23. The lowest BCUT2D eigenvalue weighted by Crippen LogP contribution is -2.34. The molecule has 4 rings (SSSR count). The van der Waals surface area contributed by atoms with Crippen LogP contribution in [0.25, 0.3) is 10.9 Å². The first kappa shape index (κ1) is 32.2. The fourth-order valence-corrected chi connectivity index (χ4v) is 4.56. The van der Waals surface area contributed by atoms with E-state index in [9.17, 15) is 29.1 Å². The number of urea groups is 1. The van der Waals surface area contributed by atoms with Gasteiger partial charge in [-0.15, -0.1) is 0 Å². The standard InChI is InChI=1S/C27H27N5O7.2H2O/c1-31(22(26(37)38)12-23(33)34)24(35)18-5-3-2-4-17(18)14-32-25(36)21(30-27(32)39)11-15-6-7-20-19(10-15)16(8-9-28)13-29-20;;/h2-7,10,12-13,21,29H,8-9,11,14,28H2,1H3,(H,30,39)(H,33,34)(H,37,38);2*1H2/b22-12+;;. The second kappa shape index (κ2) is 13.3. The number of aromatic nitrogens is 1. The van der Waals surface area contributed by atoms with Gasteiger partial charge < -0.3 is 42.1 Å². The van der Waals surface area contributed by atoms with E-state index in [0.717, 1.165) is 34.0 Å². The van der Waals surface area contributed by atoms with Gasteiger partial charge in [-0.2, -0.15) is 0 Å². The van der Waals surface area contributed by atoms with Gasteiger partial charge in [0.2, 0.25) is 0 Å². The lowest BCUT2D eigenvalue weighted by atomic mass is 10.0. The molecule has 1 fully saturated rings. The summed E-state index contributed by atoms with van der Waals surface area (Å²) in [7, 11) is 1.13. The van der Waals surface area contributed by atoms with Crippen LogP contribution in [-0.2, 0) is 33.8 Å². The summed E-state index contributed by atoms with van der Waals surface area (Å²) < 4.78 is 0. The maximum absolute atomic E-state index is 13.2. The van der Waals surface area contributed by atoms with Crippen LogP contribution in [0.15, 0.2) is 60.4 Å². The number of hydrogen-bond acceptors (Lipinski definition) is 6. The third-order valence-electron chi connectivity index (χ3n) is 6.51. The van der Waals surface area contributed by atoms with Crippen molar-refractivity contribution >= 4 is 40.7 Å². The molecule has 1 aliphatic rings. The third-order valence-corrected chi connectivity index (χ3v) is 6.51. The zero-order valence-corrected chi connectivity index (χ0v) is 22.0. The number of nitrogens with one attached hydrogen (secondary N) is 2. The fraction of sp³-hybridized carbons (Fsp3) is 0.222. The molecule has 1 aromatic heterocycles. The van der Waals surface area contributed by atoms with Gasteiger partial charge in [0.15, 0.2) is 0 Å². The minimum absolute atomic E-state index is 0. The van der Waals surface area contributed by atoms with Crippen molar-refractivity contribution in [2.24, 2.45) is 5.73 Å². The molecule has 3 aromatic rings. The van der Waals surface area contributed by atoms with Crippen molar-refractivity contribution in [1.29, 1.82) is 0 Å². The maximum Gasteiger partial charge on any atom is 0.352 e. The van der Waals surface area contributed by atoms with Crippen LogP contribution >= 0.6 is 0 Å². The van der Waals surface area contributed by atoms with Crippen molar-refractivity contribution in [3.8, 4) is 0 Å². The number of amides is 4. The Morgan fingerprint density at radius 2 is 1.78 bits per heavy atom. The number of carboxylic acid groups (broad SMARTS) is 2. The number of imide groups is 1. The molecular formula is C27H31N5O9. The van der Waals surface area contributed by atoms with E-state index in [1.807, 2.05) is 24.4 Å². The van der Waals surface area contributed by atoms with Crippen LogP contribution in [0, 0.1) is 0 Å². The monoisotopic (exact) mass is 569 g/mol. The Bertz CT molecular complexity index is 1510. The van der Waals surface area contributed by atoms with E-state index in [1.54, 1.807) is 6.07 Å². The molecule has 1 saturated heterocycles. The van der Waals surface area contributed by atoms with Crippen molar-refractivity contribution in [3.05, 3.63) is 82.7 Å². The quantitative estimate of drug-likeness (QED) is 0.161. The Hall–Kier alpha value is -5.05. The fourth-order valence-electron chi connectivity index (χ4n) is 4.56. The Kier molecular flexibility index (Phi) is 10.5. The van der Waals surface area contributed by atoms with Crippen LogP contribution in [0.3, 0.4) is 0 Å². The highest BCUT2D eigenvalue weighted by molar-refractivity contribution is 6.06. The lowest BCUT2D eigenvalue weighted by Gasteiger charge is -2.21. The number of fused-ring (bicyclic) bond motifs is 1. The van der Waals surface area contributed by atoms with Crippen LogP contribution in [0.2, 0.25) is 0 Å². The molecule has 2 heterocycles. The van der Waals surface area contributed by atoms with E-state index in [1.165, 1.54) is 18.2 Å². The molecule has 0 aliphatic carbocycles. The number of benzene rings is 2. The van der Waals surface area contributed by atoms with Gasteiger partial charge in [0, 0.05) is 36.1 Å². The largest absolute Gasteiger partial charge is 0.478 e. The molecular weight excluding hydrogens is 538 g/mol. The average molecular weight is 570 g/mol. The van der Waals surface area contributed by atoms with Crippen LogP contribution in [0.4, 0.5) is 4.79 Å². The second-order valence-corrected chi connectivity index (χ2v) is 9.06. The van der Waals surface area contributed by atoms with Crippen molar-refractivity contribution in [2.75, 3.05) is 13.6 Å². The number of carboxylic acids is 2. The van der Waals surface area contributed by atoms with Crippen LogP contribution in [0.1, 0.15) is 27.0 Å². The molecule has 0 bridgehead atoms. The van der Waals surface area contributed by atoms with Gasteiger partial charge in [0.05, 0.1) is 12.6 Å². The lowest BCUT2D eigenvalue weighted by molar-refractivity contribution is -0.136. The summed E-state index contributed by atoms with van der Waals surface area (Å²) in [5, 5.41) is 22.0. The van der Waals surface area contributed by atoms with E-state index in [2.05, 4.69) is 10.3 Å². The number of rotatable bonds is 10. The summed E-state index contributed by atoms with van der Waals surface area (Å²) in [6.45, 7) is 0.260. The minimum atomic E-state index is -1.60. The Labute approximate surface area is 233 Å². The Balaban J connectivity index is 0.00000294. The Morgan fingerprint density at radius 1 is 1.07 bits per heavy atom. The molecule has 1 atom stereocenters. The summed E-state index contributed by atoms with van der Waals surface area (Å²) in [6.07, 6.45) is 3.27. The van der Waals surface area contributed by atoms with Gasteiger partial charge in [-0.05, 0) is 47.9 Å². The second-order valence-electron chi connectivity index (χ2n) is 9.06. The molecule has 10 N–H and O–H groups in total. The first-order chi connectivity index (χ1) is 18.6. The topological polar surface area (TPSA) is 249 Å². The van der Waals surface area contributed by atoms with Gasteiger partial charge in [-0.25, -0.2) is 14.4 Å². The third kappa shape index (κ3) is 6.75. The van der Waals surface area contributed by atoms with E-state index in [0.29, 0.717) is 29.5 Å². The van der Waals surface area contributed by atoms with Gasteiger partial charge in [0.1, 0.15) is 11.7 Å². The van der Waals surface area contributed by atoms with E-state index in [-0.39, 0.29) is 29.5 Å². The van der Waals surface area contributed by atoms with E-state index >= 15 is 0 Å². The predicted octanol–water partition coefficient (Wildman–Crippen LogP) is -0.192. The number of likely N-dealkylation sites (N-methyl/N-ethyl adjacent to an activating group) is 1. The van der Waals surface area contributed by atoms with Crippen LogP contribution < -0.4 is 11.1 Å². The van der Waals surface area contributed by atoms with Gasteiger partial charge >= 0.3 is 18.0 Å². The predicted molar refractivity (Wildman–Crippen MR) is 147 cm³/mol. The highest BCUT2D eigenvalue weighted by atomic mass is 16.4. The molecule has 14 heteroatoms. The normalized spacial score (nSPS) is 14.7. The number of aromatic amines is 1. The molecule has 1 unspecified atom stereocenters.